The van der Waals surface area contributed by atoms with E-state index in [1.165, 1.54) is 68.8 Å². The SMILES string of the molecule is Cc1[c-]c2c(cc1C(C)(C)C)-c1cc(C(C)(C)C)c(C)cc1C2.FC(F)(F)c1cccc([C](=[Zr+2])c2cccc(C(F)(F)F)c2)c1.[C-]1=CC=CC1. The first kappa shape index (κ1) is 39.5. The van der Waals surface area contributed by atoms with Crippen LogP contribution in [0.15, 0.2) is 85.0 Å². The molecule has 260 valence electrons. The van der Waals surface area contributed by atoms with Crippen LogP contribution in [-0.2, 0) is 53.8 Å². The summed E-state index contributed by atoms with van der Waals surface area (Å²) in [4.78, 5) is 0. The molecule has 0 unspecified atom stereocenters. The molecule has 0 fully saturated rings. The van der Waals surface area contributed by atoms with Gasteiger partial charge in [-0.1, -0.05) is 71.6 Å². The predicted octanol–water partition coefficient (Wildman–Crippen LogP) is 12.4. The first-order valence-corrected chi connectivity index (χ1v) is 17.7. The summed E-state index contributed by atoms with van der Waals surface area (Å²) >= 11 is 0.729. The van der Waals surface area contributed by atoms with Crippen LogP contribution in [-0.4, -0.2) is 3.21 Å². The van der Waals surface area contributed by atoms with Gasteiger partial charge in [-0.25, -0.2) is 12.2 Å². The van der Waals surface area contributed by atoms with Gasteiger partial charge in [0.1, 0.15) is 0 Å². The van der Waals surface area contributed by atoms with Crippen molar-refractivity contribution in [3.8, 4) is 11.1 Å². The number of hydrogen-bond acceptors (Lipinski definition) is 0. The molecule has 0 saturated heterocycles. The molecule has 0 nitrogen and oxygen atoms in total. The van der Waals surface area contributed by atoms with Crippen LogP contribution in [0.5, 0.6) is 0 Å². The fraction of sp³-hybridized carbons (Fsp3) is 0.326. The van der Waals surface area contributed by atoms with Crippen LogP contribution < -0.4 is 0 Å². The fourth-order valence-electron chi connectivity index (χ4n) is 6.23. The summed E-state index contributed by atoms with van der Waals surface area (Å²) in [6.45, 7) is 18.2. The molecule has 0 radical (unpaired) electrons. The summed E-state index contributed by atoms with van der Waals surface area (Å²) in [5.74, 6) is 0. The maximum absolute atomic E-state index is 12.7. The van der Waals surface area contributed by atoms with E-state index >= 15 is 0 Å². The van der Waals surface area contributed by atoms with E-state index < -0.39 is 23.5 Å². The normalized spacial score (nSPS) is 13.6. The summed E-state index contributed by atoms with van der Waals surface area (Å²) in [6.07, 6.45) is 2.06. The van der Waals surface area contributed by atoms with Gasteiger partial charge < -0.3 is 0 Å². The van der Waals surface area contributed by atoms with Crippen LogP contribution in [0.4, 0.5) is 26.3 Å². The number of alkyl halides is 6. The van der Waals surface area contributed by atoms with E-state index in [0.717, 1.165) is 61.3 Å². The van der Waals surface area contributed by atoms with E-state index in [4.69, 9.17) is 0 Å². The van der Waals surface area contributed by atoms with Crippen LogP contribution >= 0.6 is 0 Å². The number of halogens is 6. The van der Waals surface area contributed by atoms with Crippen molar-refractivity contribution in [3.63, 3.8) is 0 Å². The summed E-state index contributed by atoms with van der Waals surface area (Å²) in [7, 11) is 0. The van der Waals surface area contributed by atoms with Crippen LogP contribution in [0.3, 0.4) is 0 Å². The largest absolute Gasteiger partial charge is 0.273 e. The van der Waals surface area contributed by atoms with Crippen molar-refractivity contribution >= 4 is 3.21 Å². The minimum absolute atomic E-state index is 0.163. The maximum Gasteiger partial charge on any atom is -0.109 e. The molecule has 0 bridgehead atoms. The molecule has 0 aliphatic heterocycles. The molecule has 0 N–H and O–H groups in total. The molecule has 6 rings (SSSR count). The molecule has 0 spiro atoms. The first-order chi connectivity index (χ1) is 23.1. The van der Waals surface area contributed by atoms with Crippen LogP contribution in [0.2, 0.25) is 0 Å². The van der Waals surface area contributed by atoms with Crippen molar-refractivity contribution in [1.29, 1.82) is 0 Å². The average molecular weight is 764 g/mol. The van der Waals surface area contributed by atoms with E-state index in [0.29, 0.717) is 3.21 Å². The molecular formula is C43H42F6Zr. The molecule has 0 aromatic heterocycles. The van der Waals surface area contributed by atoms with Gasteiger partial charge in [-0.2, -0.15) is 23.8 Å². The van der Waals surface area contributed by atoms with Crippen LogP contribution in [0.1, 0.15) is 104 Å². The molecule has 0 saturated carbocycles. The molecule has 2 aliphatic carbocycles. The number of benzene rings is 4. The van der Waals surface area contributed by atoms with Gasteiger partial charge in [0.15, 0.2) is 0 Å². The quantitative estimate of drug-likeness (QED) is 0.124. The molecule has 50 heavy (non-hydrogen) atoms. The van der Waals surface area contributed by atoms with Crippen molar-refractivity contribution in [1.82, 2.24) is 0 Å². The Bertz CT molecular complexity index is 1790. The first-order valence-electron chi connectivity index (χ1n) is 16.4. The monoisotopic (exact) mass is 762 g/mol. The van der Waals surface area contributed by atoms with E-state index in [9.17, 15) is 26.3 Å². The van der Waals surface area contributed by atoms with Crippen molar-refractivity contribution in [2.45, 2.75) is 91.4 Å². The smallest absolute Gasteiger partial charge is 0.109 e. The summed E-state index contributed by atoms with van der Waals surface area (Å²) in [5.41, 5.74) is 10.5. The number of aryl methyl sites for hydroxylation is 2. The Morgan fingerprint density at radius 1 is 0.680 bits per heavy atom. The maximum atomic E-state index is 12.7. The van der Waals surface area contributed by atoms with Gasteiger partial charge in [-0.05, 0) is 35.4 Å². The minimum Gasteiger partial charge on any atom is -0.273 e. The molecule has 0 heterocycles. The van der Waals surface area contributed by atoms with Gasteiger partial charge in [0.25, 0.3) is 0 Å². The van der Waals surface area contributed by atoms with Crippen molar-refractivity contribution in [2.24, 2.45) is 0 Å². The van der Waals surface area contributed by atoms with Gasteiger partial charge in [0, 0.05) is 0 Å². The zero-order valence-electron chi connectivity index (χ0n) is 29.8. The Labute approximate surface area is 307 Å². The molecule has 7 heteroatoms. The predicted molar refractivity (Wildman–Crippen MR) is 188 cm³/mol. The van der Waals surface area contributed by atoms with Crippen molar-refractivity contribution < 1.29 is 50.6 Å². The zero-order chi connectivity index (χ0) is 37.2. The second kappa shape index (κ2) is 15.1. The molecule has 0 atom stereocenters. The van der Waals surface area contributed by atoms with E-state index in [-0.39, 0.29) is 22.0 Å². The zero-order valence-corrected chi connectivity index (χ0v) is 32.2. The molecule has 4 aromatic carbocycles. The Morgan fingerprint density at radius 3 is 1.62 bits per heavy atom. The average Bonchev–Trinajstić information content (AvgIpc) is 3.70. The Morgan fingerprint density at radius 2 is 1.20 bits per heavy atom. The Hall–Kier alpha value is -3.31. The molecular weight excluding hydrogens is 722 g/mol. The van der Waals surface area contributed by atoms with E-state index in [1.54, 1.807) is 0 Å². The number of fused-ring (bicyclic) bond motifs is 3. The number of allylic oxidation sites excluding steroid dienone is 4. The van der Waals surface area contributed by atoms with Crippen LogP contribution in [0, 0.1) is 26.0 Å². The van der Waals surface area contributed by atoms with Gasteiger partial charge in [-0.15, -0.1) is 23.1 Å². The topological polar surface area (TPSA) is 0 Å². The standard InChI is InChI=1S/C23H29.C15H8F6.C5H5.Zr/c1-14-9-16-11-17-10-15(2)21(23(6,7)8)13-19(17)18(16)12-20(14)22(3,4)5;16-14(17,18)12-5-1-3-10(8-12)7-11-4-2-6-13(9-11)15(19,20)21;1-2-4-5-3-1;/h9,12-13H,11H2,1-8H3;1-6,8-9H;1-3H,4H2;/q-1;;-1;+2. The Kier molecular flexibility index (Phi) is 11.9. The second-order valence-electron chi connectivity index (χ2n) is 14.7. The van der Waals surface area contributed by atoms with Crippen molar-refractivity contribution in [3.05, 3.63) is 153 Å². The van der Waals surface area contributed by atoms with Crippen LogP contribution in [0.25, 0.3) is 11.1 Å². The van der Waals surface area contributed by atoms with E-state index in [1.807, 2.05) is 12.2 Å². The third-order valence-electron chi connectivity index (χ3n) is 8.62. The third kappa shape index (κ3) is 9.72. The number of rotatable bonds is 2. The van der Waals surface area contributed by atoms with Crippen molar-refractivity contribution in [2.75, 3.05) is 0 Å². The van der Waals surface area contributed by atoms with Gasteiger partial charge >= 0.3 is 137 Å². The molecule has 0 amide bonds. The Balaban J connectivity index is 0.000000197. The third-order valence-corrected chi connectivity index (χ3v) is 10.0. The summed E-state index contributed by atoms with van der Waals surface area (Å²) < 4.78 is 76.7. The fourth-order valence-corrected chi connectivity index (χ4v) is 7.00. The van der Waals surface area contributed by atoms with Gasteiger partial charge in [0.2, 0.25) is 0 Å². The summed E-state index contributed by atoms with van der Waals surface area (Å²) in [6, 6.07) is 20.1. The minimum atomic E-state index is -4.49. The second-order valence-corrected chi connectivity index (χ2v) is 16.0. The van der Waals surface area contributed by atoms with Gasteiger partial charge in [-0.3, -0.25) is 6.08 Å². The number of hydrogen-bond donors (Lipinski definition) is 0. The van der Waals surface area contributed by atoms with E-state index in [2.05, 4.69) is 91.8 Å². The molecule has 2 aliphatic rings. The summed E-state index contributed by atoms with van der Waals surface area (Å²) in [5, 5.41) is 0. The molecule has 4 aromatic rings. The van der Waals surface area contributed by atoms with Gasteiger partial charge in [0.05, 0.1) is 0 Å².